The van der Waals surface area contributed by atoms with Crippen LogP contribution in [0.15, 0.2) is 0 Å². The summed E-state index contributed by atoms with van der Waals surface area (Å²) in [5, 5.41) is 9.11. The second-order valence-corrected chi connectivity index (χ2v) is 4.34. The van der Waals surface area contributed by atoms with E-state index >= 15 is 0 Å². The molecule has 13 heavy (non-hydrogen) atoms. The second-order valence-electron chi connectivity index (χ2n) is 4.34. The number of unbranched alkanes of at least 4 members (excludes halogenated alkanes) is 4. The summed E-state index contributed by atoms with van der Waals surface area (Å²) in [6.45, 7) is 5.10. The van der Waals surface area contributed by atoms with Gasteiger partial charge in [0.2, 0.25) is 0 Å². The highest BCUT2D eigenvalue weighted by atomic mass is 16.3. The summed E-state index contributed by atoms with van der Waals surface area (Å²) >= 11 is 0. The molecule has 0 aliphatic carbocycles. The Morgan fingerprint density at radius 3 is 2.23 bits per heavy atom. The van der Waals surface area contributed by atoms with Crippen molar-refractivity contribution in [2.45, 2.75) is 52.4 Å². The van der Waals surface area contributed by atoms with Gasteiger partial charge in [0.1, 0.15) is 0 Å². The Bertz CT molecular complexity index is 111. The normalized spacial score (nSPS) is 15.7. The van der Waals surface area contributed by atoms with Crippen LogP contribution >= 0.6 is 0 Å². The predicted octanol–water partition coefficient (Wildman–Crippen LogP) is 2.30. The highest BCUT2D eigenvalue weighted by molar-refractivity contribution is 4.73. The lowest BCUT2D eigenvalue weighted by atomic mass is 9.85. The summed E-state index contributed by atoms with van der Waals surface area (Å²) in [5.41, 5.74) is 5.56. The molecule has 0 saturated heterocycles. The molecule has 1 atom stereocenters. The van der Waals surface area contributed by atoms with Crippen LogP contribution in [-0.2, 0) is 0 Å². The van der Waals surface area contributed by atoms with E-state index in [1.165, 1.54) is 32.1 Å². The van der Waals surface area contributed by atoms with Crippen LogP contribution in [0.3, 0.4) is 0 Å². The van der Waals surface area contributed by atoms with Crippen LogP contribution in [0.2, 0.25) is 0 Å². The molecule has 0 aromatic heterocycles. The van der Waals surface area contributed by atoms with E-state index < -0.39 is 0 Å². The molecule has 1 unspecified atom stereocenters. The van der Waals surface area contributed by atoms with E-state index in [0.717, 1.165) is 6.42 Å². The molecule has 0 fully saturated rings. The molecule has 0 saturated carbocycles. The van der Waals surface area contributed by atoms with Gasteiger partial charge in [0.25, 0.3) is 0 Å². The summed E-state index contributed by atoms with van der Waals surface area (Å²) in [6.07, 6.45) is 7.48. The Kier molecular flexibility index (Phi) is 7.29. The van der Waals surface area contributed by atoms with Crippen molar-refractivity contribution in [1.82, 2.24) is 0 Å². The highest BCUT2D eigenvalue weighted by Gasteiger charge is 2.20. The summed E-state index contributed by atoms with van der Waals surface area (Å²) in [4.78, 5) is 0. The van der Waals surface area contributed by atoms with E-state index in [0.29, 0.717) is 6.54 Å². The Hall–Kier alpha value is -0.0800. The maximum Gasteiger partial charge on any atom is 0.0496 e. The second kappa shape index (κ2) is 7.34. The summed E-state index contributed by atoms with van der Waals surface area (Å²) in [6, 6.07) is 0. The number of hydrogen-bond acceptors (Lipinski definition) is 2. The molecule has 0 aromatic rings. The third-order valence-electron chi connectivity index (χ3n) is 2.76. The molecule has 3 N–H and O–H groups in total. The first kappa shape index (κ1) is 12.9. The maximum absolute atomic E-state index is 9.11. The molecular weight excluding hydrogens is 162 g/mol. The summed E-state index contributed by atoms with van der Waals surface area (Å²) in [5.74, 6) is 0. The van der Waals surface area contributed by atoms with Gasteiger partial charge in [-0.25, -0.2) is 0 Å². The minimum Gasteiger partial charge on any atom is -0.396 e. The summed E-state index contributed by atoms with van der Waals surface area (Å²) in [7, 11) is 0. The van der Waals surface area contributed by atoms with E-state index in [1.54, 1.807) is 0 Å². The Balaban J connectivity index is 3.39. The van der Waals surface area contributed by atoms with Crippen LogP contribution in [0.5, 0.6) is 0 Å². The molecule has 0 amide bonds. The zero-order valence-electron chi connectivity index (χ0n) is 9.18. The largest absolute Gasteiger partial charge is 0.396 e. The van der Waals surface area contributed by atoms with Gasteiger partial charge in [-0.05, 0) is 13.0 Å². The average molecular weight is 187 g/mol. The van der Waals surface area contributed by atoms with Gasteiger partial charge in [-0.15, -0.1) is 0 Å². The van der Waals surface area contributed by atoms with E-state index in [2.05, 4.69) is 13.8 Å². The lowest BCUT2D eigenvalue weighted by Gasteiger charge is -2.24. The van der Waals surface area contributed by atoms with Crippen molar-refractivity contribution in [3.8, 4) is 0 Å². The van der Waals surface area contributed by atoms with E-state index in [4.69, 9.17) is 10.8 Å². The van der Waals surface area contributed by atoms with Gasteiger partial charge in [-0.2, -0.15) is 0 Å². The highest BCUT2D eigenvalue weighted by Crippen LogP contribution is 2.22. The quantitative estimate of drug-likeness (QED) is 0.573. The fourth-order valence-corrected chi connectivity index (χ4v) is 1.40. The molecule has 0 heterocycles. The number of aliphatic hydroxyl groups excluding tert-OH is 1. The van der Waals surface area contributed by atoms with Crippen molar-refractivity contribution in [3.05, 3.63) is 0 Å². The third kappa shape index (κ3) is 6.05. The first-order chi connectivity index (χ1) is 6.18. The van der Waals surface area contributed by atoms with Crippen molar-refractivity contribution in [2.24, 2.45) is 11.1 Å². The number of rotatable bonds is 8. The van der Waals surface area contributed by atoms with Crippen LogP contribution in [0.25, 0.3) is 0 Å². The van der Waals surface area contributed by atoms with Gasteiger partial charge in [-0.3, -0.25) is 0 Å². The van der Waals surface area contributed by atoms with Gasteiger partial charge >= 0.3 is 0 Å². The summed E-state index contributed by atoms with van der Waals surface area (Å²) < 4.78 is 0. The van der Waals surface area contributed by atoms with Gasteiger partial charge in [-0.1, -0.05) is 46.0 Å². The molecule has 0 bridgehead atoms. The van der Waals surface area contributed by atoms with Crippen molar-refractivity contribution < 1.29 is 5.11 Å². The van der Waals surface area contributed by atoms with Crippen LogP contribution in [0, 0.1) is 5.41 Å². The van der Waals surface area contributed by atoms with E-state index in [9.17, 15) is 0 Å². The Morgan fingerprint density at radius 1 is 1.15 bits per heavy atom. The third-order valence-corrected chi connectivity index (χ3v) is 2.76. The van der Waals surface area contributed by atoms with Crippen LogP contribution < -0.4 is 5.73 Å². The minimum atomic E-state index is -0.0355. The van der Waals surface area contributed by atoms with Crippen molar-refractivity contribution in [1.29, 1.82) is 0 Å². The zero-order valence-corrected chi connectivity index (χ0v) is 9.18. The van der Waals surface area contributed by atoms with Gasteiger partial charge < -0.3 is 10.8 Å². The maximum atomic E-state index is 9.11. The molecule has 80 valence electrons. The lowest BCUT2D eigenvalue weighted by Crippen LogP contribution is -2.30. The molecular formula is C11H25NO. The molecule has 0 rings (SSSR count). The topological polar surface area (TPSA) is 46.2 Å². The predicted molar refractivity (Wildman–Crippen MR) is 57.6 cm³/mol. The molecule has 2 nitrogen and oxygen atoms in total. The van der Waals surface area contributed by atoms with Crippen molar-refractivity contribution in [2.75, 3.05) is 13.2 Å². The van der Waals surface area contributed by atoms with Crippen LogP contribution in [0.1, 0.15) is 52.4 Å². The van der Waals surface area contributed by atoms with Crippen molar-refractivity contribution >= 4 is 0 Å². The molecule has 0 spiro atoms. The first-order valence-electron chi connectivity index (χ1n) is 5.49. The Morgan fingerprint density at radius 2 is 1.77 bits per heavy atom. The Labute approximate surface area is 82.5 Å². The smallest absolute Gasteiger partial charge is 0.0496 e. The molecule has 2 heteroatoms. The number of nitrogens with two attached hydrogens (primary N) is 1. The lowest BCUT2D eigenvalue weighted by molar-refractivity contribution is 0.136. The first-order valence-corrected chi connectivity index (χ1v) is 5.49. The van der Waals surface area contributed by atoms with E-state index in [-0.39, 0.29) is 12.0 Å². The van der Waals surface area contributed by atoms with Crippen LogP contribution in [0.4, 0.5) is 0 Å². The monoisotopic (exact) mass is 187 g/mol. The molecule has 0 aromatic carbocycles. The van der Waals surface area contributed by atoms with Gasteiger partial charge in [0, 0.05) is 12.0 Å². The standard InChI is InChI=1S/C11H25NO/c1-3-4-5-6-7-8-11(2,9-12)10-13/h13H,3-10,12H2,1-2H3. The van der Waals surface area contributed by atoms with Crippen LogP contribution in [-0.4, -0.2) is 18.3 Å². The average Bonchev–Trinajstić information content (AvgIpc) is 2.17. The SMILES string of the molecule is CCCCCCCC(C)(CN)CO. The minimum absolute atomic E-state index is 0.0355. The van der Waals surface area contributed by atoms with E-state index in [1.807, 2.05) is 0 Å². The fourth-order valence-electron chi connectivity index (χ4n) is 1.40. The zero-order chi connectivity index (χ0) is 10.2. The fraction of sp³-hybridized carbons (Fsp3) is 1.00. The van der Waals surface area contributed by atoms with Crippen molar-refractivity contribution in [3.63, 3.8) is 0 Å². The van der Waals surface area contributed by atoms with Gasteiger partial charge in [0.15, 0.2) is 0 Å². The van der Waals surface area contributed by atoms with Gasteiger partial charge in [0.05, 0.1) is 0 Å². The number of hydrogen-bond donors (Lipinski definition) is 2. The molecule has 0 aliphatic rings. The molecule has 0 aliphatic heterocycles. The molecule has 0 radical (unpaired) electrons. The number of aliphatic hydroxyl groups is 1.